The van der Waals surface area contributed by atoms with Gasteiger partial charge in [0.25, 0.3) is 0 Å². The highest BCUT2D eigenvalue weighted by molar-refractivity contribution is 9.11. The van der Waals surface area contributed by atoms with Crippen LogP contribution < -0.4 is 9.47 Å². The second-order valence-electron chi connectivity index (χ2n) is 4.32. The lowest BCUT2D eigenvalue weighted by molar-refractivity contribution is 0.101. The molecule has 0 saturated heterocycles. The van der Waals surface area contributed by atoms with Crippen LogP contribution in [-0.2, 0) is 0 Å². The Morgan fingerprint density at radius 2 is 1.67 bits per heavy atom. The average Bonchev–Trinajstić information content (AvgIpc) is 2.45. The minimum absolute atomic E-state index is 0.0119. The number of carbonyl (C=O) groups excluding carboxylic acids is 1. The van der Waals surface area contributed by atoms with E-state index in [0.29, 0.717) is 24.5 Å². The third kappa shape index (κ3) is 4.58. The summed E-state index contributed by atoms with van der Waals surface area (Å²) in [5.41, 5.74) is 0.585. The first-order valence-electron chi connectivity index (χ1n) is 6.38. The maximum absolute atomic E-state index is 11.5. The number of para-hydroxylation sites is 1. The van der Waals surface area contributed by atoms with Gasteiger partial charge < -0.3 is 9.47 Å². The molecule has 0 atom stereocenters. The van der Waals surface area contributed by atoms with Crippen molar-refractivity contribution in [1.29, 1.82) is 0 Å². The van der Waals surface area contributed by atoms with Crippen molar-refractivity contribution in [3.63, 3.8) is 0 Å². The van der Waals surface area contributed by atoms with Gasteiger partial charge in [-0.15, -0.1) is 0 Å². The number of hydrogen-bond donors (Lipinski definition) is 0. The van der Waals surface area contributed by atoms with Crippen molar-refractivity contribution in [1.82, 2.24) is 0 Å². The predicted molar refractivity (Wildman–Crippen MR) is 89.3 cm³/mol. The number of halogens is 2. The normalized spacial score (nSPS) is 10.2. The van der Waals surface area contributed by atoms with E-state index in [9.17, 15) is 4.79 Å². The van der Waals surface area contributed by atoms with Gasteiger partial charge in [-0.3, -0.25) is 4.79 Å². The lowest BCUT2D eigenvalue weighted by atomic mass is 10.1. The zero-order valence-corrected chi connectivity index (χ0v) is 14.6. The predicted octanol–water partition coefficient (Wildman–Crippen LogP) is 4.87. The van der Waals surface area contributed by atoms with Crippen molar-refractivity contribution in [2.24, 2.45) is 0 Å². The van der Waals surface area contributed by atoms with Gasteiger partial charge in [0, 0.05) is 4.47 Å². The Hall–Kier alpha value is -1.33. The molecule has 2 rings (SSSR count). The molecule has 0 amide bonds. The number of ether oxygens (including phenoxy) is 2. The number of hydrogen-bond acceptors (Lipinski definition) is 3. The van der Waals surface area contributed by atoms with Crippen LogP contribution >= 0.6 is 31.9 Å². The lowest BCUT2D eigenvalue weighted by Crippen LogP contribution is -2.11. The van der Waals surface area contributed by atoms with Crippen LogP contribution in [0.2, 0.25) is 0 Å². The van der Waals surface area contributed by atoms with E-state index < -0.39 is 0 Å². The van der Waals surface area contributed by atoms with Gasteiger partial charge >= 0.3 is 0 Å². The van der Waals surface area contributed by atoms with Gasteiger partial charge in [0.15, 0.2) is 5.78 Å². The zero-order chi connectivity index (χ0) is 15.2. The van der Waals surface area contributed by atoms with Crippen LogP contribution in [0.5, 0.6) is 11.5 Å². The monoisotopic (exact) mass is 412 g/mol. The van der Waals surface area contributed by atoms with Crippen molar-refractivity contribution in [3.8, 4) is 11.5 Å². The molecule has 0 aliphatic heterocycles. The molecule has 3 nitrogen and oxygen atoms in total. The van der Waals surface area contributed by atoms with E-state index in [0.717, 1.165) is 14.7 Å². The van der Waals surface area contributed by atoms with E-state index in [4.69, 9.17) is 9.47 Å². The molecule has 110 valence electrons. The fourth-order valence-corrected chi connectivity index (χ4v) is 2.94. The first kappa shape index (κ1) is 16.0. The van der Waals surface area contributed by atoms with E-state index in [1.54, 1.807) is 12.1 Å². The second-order valence-corrected chi connectivity index (χ2v) is 6.09. The summed E-state index contributed by atoms with van der Waals surface area (Å²) in [6, 6.07) is 12.9. The molecule has 0 aliphatic rings. The minimum atomic E-state index is -0.0119. The third-order valence-corrected chi connectivity index (χ3v) is 3.87. The fourth-order valence-electron chi connectivity index (χ4n) is 1.78. The molecule has 2 aromatic carbocycles. The lowest BCUT2D eigenvalue weighted by Gasteiger charge is -2.11. The third-order valence-electron chi connectivity index (χ3n) is 2.76. The molecule has 0 saturated carbocycles. The molecule has 0 N–H and O–H groups in total. The Labute approximate surface area is 140 Å². The number of Topliss-reactive ketones (excluding diaryl/α,β-unsaturated/α-hetero) is 1. The summed E-state index contributed by atoms with van der Waals surface area (Å²) in [6.07, 6.45) is 0. The van der Waals surface area contributed by atoms with Crippen molar-refractivity contribution in [3.05, 3.63) is 57.0 Å². The highest BCUT2D eigenvalue weighted by Crippen LogP contribution is 2.28. The van der Waals surface area contributed by atoms with Gasteiger partial charge in [-0.25, -0.2) is 0 Å². The summed E-state index contributed by atoms with van der Waals surface area (Å²) in [7, 11) is 0. The topological polar surface area (TPSA) is 35.5 Å². The molecule has 0 unspecified atom stereocenters. The Bertz CT molecular complexity index is 641. The molecule has 0 aromatic heterocycles. The summed E-state index contributed by atoms with van der Waals surface area (Å²) in [5.74, 6) is 1.33. The van der Waals surface area contributed by atoms with E-state index >= 15 is 0 Å². The van der Waals surface area contributed by atoms with Gasteiger partial charge in [0.1, 0.15) is 24.7 Å². The fraction of sp³-hybridized carbons (Fsp3) is 0.188. The van der Waals surface area contributed by atoms with Gasteiger partial charge in [0.05, 0.1) is 10.0 Å². The van der Waals surface area contributed by atoms with Crippen molar-refractivity contribution >= 4 is 37.6 Å². The summed E-state index contributed by atoms with van der Waals surface area (Å²) in [4.78, 5) is 11.5. The Morgan fingerprint density at radius 1 is 1.00 bits per heavy atom. The number of carbonyl (C=O) groups is 1. The molecular weight excluding hydrogens is 400 g/mol. The SMILES string of the molecule is CC(=O)c1ccccc1OCCOc1ccc(Br)cc1Br. The van der Waals surface area contributed by atoms with Crippen molar-refractivity contribution < 1.29 is 14.3 Å². The van der Waals surface area contributed by atoms with E-state index in [-0.39, 0.29) is 5.78 Å². The molecule has 2 aromatic rings. The molecule has 0 bridgehead atoms. The van der Waals surface area contributed by atoms with Crippen molar-refractivity contribution in [2.75, 3.05) is 13.2 Å². The van der Waals surface area contributed by atoms with Crippen LogP contribution in [0.3, 0.4) is 0 Å². The quantitative estimate of drug-likeness (QED) is 0.500. The highest BCUT2D eigenvalue weighted by atomic mass is 79.9. The van der Waals surface area contributed by atoms with Crippen LogP contribution in [0.1, 0.15) is 17.3 Å². The molecule has 0 aliphatic carbocycles. The first-order valence-corrected chi connectivity index (χ1v) is 7.97. The molecule has 0 fully saturated rings. The van der Waals surface area contributed by atoms with Crippen LogP contribution in [0.25, 0.3) is 0 Å². The average molecular weight is 414 g/mol. The van der Waals surface area contributed by atoms with E-state index in [2.05, 4.69) is 31.9 Å². The first-order chi connectivity index (χ1) is 10.1. The maximum atomic E-state index is 11.5. The van der Waals surface area contributed by atoms with Crippen LogP contribution in [-0.4, -0.2) is 19.0 Å². The van der Waals surface area contributed by atoms with Crippen LogP contribution in [0.15, 0.2) is 51.4 Å². The van der Waals surface area contributed by atoms with Crippen molar-refractivity contribution in [2.45, 2.75) is 6.92 Å². The number of rotatable bonds is 6. The van der Waals surface area contributed by atoms with Gasteiger partial charge in [-0.2, -0.15) is 0 Å². The summed E-state index contributed by atoms with van der Waals surface area (Å²) < 4.78 is 13.1. The Morgan fingerprint density at radius 3 is 2.33 bits per heavy atom. The molecule has 0 heterocycles. The van der Waals surface area contributed by atoms with E-state index in [1.807, 2.05) is 30.3 Å². The molecular formula is C16H14Br2O3. The smallest absolute Gasteiger partial charge is 0.163 e. The van der Waals surface area contributed by atoms with Crippen LogP contribution in [0.4, 0.5) is 0 Å². The van der Waals surface area contributed by atoms with E-state index in [1.165, 1.54) is 6.92 Å². The minimum Gasteiger partial charge on any atom is -0.489 e. The molecule has 21 heavy (non-hydrogen) atoms. The van der Waals surface area contributed by atoms with Gasteiger partial charge in [-0.05, 0) is 53.2 Å². The van der Waals surface area contributed by atoms with Gasteiger partial charge in [0.2, 0.25) is 0 Å². The number of benzene rings is 2. The summed E-state index contributed by atoms with van der Waals surface area (Å²) in [5, 5.41) is 0. The second kappa shape index (κ2) is 7.61. The Balaban J connectivity index is 1.89. The number of ketones is 1. The standard InChI is InChI=1S/C16H14Br2O3/c1-11(19)13-4-2-3-5-15(13)20-8-9-21-16-7-6-12(17)10-14(16)18/h2-7,10H,8-9H2,1H3. The largest absolute Gasteiger partial charge is 0.489 e. The maximum Gasteiger partial charge on any atom is 0.163 e. The molecule has 5 heteroatoms. The molecule has 0 spiro atoms. The molecule has 0 radical (unpaired) electrons. The zero-order valence-electron chi connectivity index (χ0n) is 11.4. The summed E-state index contributed by atoms with van der Waals surface area (Å²) >= 11 is 6.82. The Kier molecular flexibility index (Phi) is 5.82. The van der Waals surface area contributed by atoms with Crippen LogP contribution in [0, 0.1) is 0 Å². The van der Waals surface area contributed by atoms with Gasteiger partial charge in [-0.1, -0.05) is 28.1 Å². The highest BCUT2D eigenvalue weighted by Gasteiger charge is 2.07. The summed E-state index contributed by atoms with van der Waals surface area (Å²) in [6.45, 7) is 2.29.